The van der Waals surface area contributed by atoms with Crippen molar-refractivity contribution in [2.45, 2.75) is 58.0 Å². The zero-order valence-corrected chi connectivity index (χ0v) is 14.5. The van der Waals surface area contributed by atoms with E-state index < -0.39 is 11.5 Å². The van der Waals surface area contributed by atoms with Crippen LogP contribution in [0.5, 0.6) is 0 Å². The SMILES string of the molecule is CCCCCCCN1C(=O)C(O)(CC(C)=O)c2cccc(Cl)c21. The first-order valence-electron chi connectivity index (χ1n) is 8.24. The zero-order valence-electron chi connectivity index (χ0n) is 13.8. The lowest BCUT2D eigenvalue weighted by Crippen LogP contribution is -2.42. The summed E-state index contributed by atoms with van der Waals surface area (Å²) in [6.45, 7) is 4.05. The van der Waals surface area contributed by atoms with E-state index in [1.54, 1.807) is 23.1 Å². The number of hydrogen-bond donors (Lipinski definition) is 1. The fraction of sp³-hybridized carbons (Fsp3) is 0.556. The molecule has 0 saturated heterocycles. The standard InChI is InChI=1S/C18H24ClNO3/c1-3-4-5-6-7-11-20-16-14(9-8-10-15(16)19)18(23,17(20)22)12-13(2)21/h8-10,23H,3-7,11-12H2,1-2H3. The summed E-state index contributed by atoms with van der Waals surface area (Å²) in [5, 5.41) is 11.3. The number of amides is 1. The first-order valence-corrected chi connectivity index (χ1v) is 8.62. The second kappa shape index (κ2) is 7.45. The average molecular weight is 338 g/mol. The highest BCUT2D eigenvalue weighted by molar-refractivity contribution is 6.35. The molecule has 0 saturated carbocycles. The second-order valence-corrected chi connectivity index (χ2v) is 6.65. The Morgan fingerprint density at radius 2 is 1.96 bits per heavy atom. The Kier molecular flexibility index (Phi) is 5.82. The highest BCUT2D eigenvalue weighted by Crippen LogP contribution is 2.46. The lowest BCUT2D eigenvalue weighted by Gasteiger charge is -2.22. The second-order valence-electron chi connectivity index (χ2n) is 6.25. The van der Waals surface area contributed by atoms with E-state index in [1.165, 1.54) is 13.3 Å². The third kappa shape index (κ3) is 3.59. The quantitative estimate of drug-likeness (QED) is 0.733. The Morgan fingerprint density at radius 1 is 1.26 bits per heavy atom. The van der Waals surface area contributed by atoms with Crippen molar-refractivity contribution in [1.29, 1.82) is 0 Å². The van der Waals surface area contributed by atoms with Gasteiger partial charge in [0.1, 0.15) is 5.78 Å². The summed E-state index contributed by atoms with van der Waals surface area (Å²) in [5.74, 6) is -0.664. The molecule has 1 heterocycles. The third-order valence-corrected chi connectivity index (χ3v) is 4.60. The Morgan fingerprint density at radius 3 is 2.61 bits per heavy atom. The van der Waals surface area contributed by atoms with Crippen LogP contribution >= 0.6 is 11.6 Å². The van der Waals surface area contributed by atoms with Crippen LogP contribution in [0.3, 0.4) is 0 Å². The van der Waals surface area contributed by atoms with Gasteiger partial charge < -0.3 is 10.0 Å². The summed E-state index contributed by atoms with van der Waals surface area (Å²) in [4.78, 5) is 25.8. The molecule has 0 radical (unpaired) electrons. The smallest absolute Gasteiger partial charge is 0.264 e. The Hall–Kier alpha value is -1.39. The van der Waals surface area contributed by atoms with Gasteiger partial charge >= 0.3 is 0 Å². The van der Waals surface area contributed by atoms with Gasteiger partial charge in [0.2, 0.25) is 0 Å². The van der Waals surface area contributed by atoms with Gasteiger partial charge in [-0.15, -0.1) is 0 Å². The molecule has 1 amide bonds. The molecule has 0 aliphatic carbocycles. The lowest BCUT2D eigenvalue weighted by molar-refractivity contribution is -0.141. The molecular formula is C18H24ClNO3. The van der Waals surface area contributed by atoms with E-state index in [1.807, 2.05) is 0 Å². The average Bonchev–Trinajstić information content (AvgIpc) is 2.69. The van der Waals surface area contributed by atoms with Crippen molar-refractivity contribution in [2.24, 2.45) is 0 Å². The van der Waals surface area contributed by atoms with Crippen molar-refractivity contribution in [2.75, 3.05) is 11.4 Å². The van der Waals surface area contributed by atoms with E-state index >= 15 is 0 Å². The summed E-state index contributed by atoms with van der Waals surface area (Å²) >= 11 is 6.27. The molecule has 2 rings (SSSR count). The number of aliphatic hydroxyl groups is 1. The van der Waals surface area contributed by atoms with Gasteiger partial charge in [0.15, 0.2) is 5.60 Å². The summed E-state index contributed by atoms with van der Waals surface area (Å²) in [6.07, 6.45) is 5.14. The maximum atomic E-state index is 12.8. The molecule has 1 unspecified atom stereocenters. The van der Waals surface area contributed by atoms with Crippen molar-refractivity contribution in [3.8, 4) is 0 Å². The van der Waals surface area contributed by atoms with Gasteiger partial charge in [-0.3, -0.25) is 9.59 Å². The number of nitrogens with zero attached hydrogens (tertiary/aromatic N) is 1. The van der Waals surface area contributed by atoms with E-state index in [-0.39, 0.29) is 12.2 Å². The van der Waals surface area contributed by atoms with Crippen LogP contribution in [-0.2, 0) is 15.2 Å². The molecule has 1 aromatic rings. The number of para-hydroxylation sites is 1. The first-order chi connectivity index (χ1) is 10.9. The van der Waals surface area contributed by atoms with Crippen LogP contribution in [0.1, 0.15) is 57.9 Å². The molecule has 126 valence electrons. The van der Waals surface area contributed by atoms with Gasteiger partial charge in [-0.2, -0.15) is 0 Å². The van der Waals surface area contributed by atoms with Gasteiger partial charge in [-0.05, 0) is 19.4 Å². The minimum absolute atomic E-state index is 0.217. The number of hydrogen-bond acceptors (Lipinski definition) is 3. The van der Waals surface area contributed by atoms with Crippen LogP contribution < -0.4 is 4.90 Å². The molecule has 23 heavy (non-hydrogen) atoms. The fourth-order valence-electron chi connectivity index (χ4n) is 3.18. The van der Waals surface area contributed by atoms with E-state index in [0.717, 1.165) is 25.7 Å². The zero-order chi connectivity index (χ0) is 17.0. The minimum Gasteiger partial charge on any atom is -0.375 e. The Labute approximate surface area is 142 Å². The maximum Gasteiger partial charge on any atom is 0.264 e. The molecule has 0 fully saturated rings. The molecule has 4 nitrogen and oxygen atoms in total. The number of anilines is 1. The lowest BCUT2D eigenvalue weighted by atomic mass is 9.90. The molecule has 5 heteroatoms. The van der Waals surface area contributed by atoms with E-state index in [0.29, 0.717) is 22.8 Å². The number of halogens is 1. The van der Waals surface area contributed by atoms with Gasteiger partial charge in [0, 0.05) is 18.5 Å². The number of ketones is 1. The van der Waals surface area contributed by atoms with Crippen LogP contribution in [-0.4, -0.2) is 23.3 Å². The van der Waals surface area contributed by atoms with E-state index in [4.69, 9.17) is 11.6 Å². The van der Waals surface area contributed by atoms with Gasteiger partial charge in [-0.1, -0.05) is 56.3 Å². The predicted molar refractivity (Wildman–Crippen MR) is 91.8 cm³/mol. The molecular weight excluding hydrogens is 314 g/mol. The Bertz CT molecular complexity index is 602. The van der Waals surface area contributed by atoms with Crippen LogP contribution in [0.4, 0.5) is 5.69 Å². The first kappa shape index (κ1) is 18.0. The number of benzene rings is 1. The predicted octanol–water partition coefficient (Wildman–Crippen LogP) is 3.82. The number of carbonyl (C=O) groups is 2. The minimum atomic E-state index is -1.78. The van der Waals surface area contributed by atoms with Crippen LogP contribution in [0.25, 0.3) is 0 Å². The molecule has 1 aromatic carbocycles. The summed E-state index contributed by atoms with van der Waals surface area (Å²) in [7, 11) is 0. The molecule has 1 N–H and O–H groups in total. The number of rotatable bonds is 8. The van der Waals surface area contributed by atoms with Gasteiger partial charge in [0.05, 0.1) is 10.7 Å². The van der Waals surface area contributed by atoms with Crippen LogP contribution in [0.2, 0.25) is 5.02 Å². The molecule has 1 aliphatic heterocycles. The summed E-state index contributed by atoms with van der Waals surface area (Å²) < 4.78 is 0. The summed E-state index contributed by atoms with van der Waals surface area (Å²) in [6, 6.07) is 5.08. The normalized spacial score (nSPS) is 20.0. The fourth-order valence-corrected chi connectivity index (χ4v) is 3.46. The van der Waals surface area contributed by atoms with Crippen molar-refractivity contribution < 1.29 is 14.7 Å². The number of fused-ring (bicyclic) bond motifs is 1. The Balaban J connectivity index is 2.24. The molecule has 0 spiro atoms. The van der Waals surface area contributed by atoms with Crippen LogP contribution in [0.15, 0.2) is 18.2 Å². The molecule has 1 atom stereocenters. The number of unbranched alkanes of at least 4 members (excludes halogenated alkanes) is 4. The van der Waals surface area contributed by atoms with E-state index in [9.17, 15) is 14.7 Å². The summed E-state index contributed by atoms with van der Waals surface area (Å²) in [5.41, 5.74) is -0.785. The highest BCUT2D eigenvalue weighted by Gasteiger charge is 2.50. The van der Waals surface area contributed by atoms with Crippen molar-refractivity contribution >= 4 is 29.0 Å². The third-order valence-electron chi connectivity index (χ3n) is 4.29. The highest BCUT2D eigenvalue weighted by atomic mass is 35.5. The van der Waals surface area contributed by atoms with E-state index in [2.05, 4.69) is 6.92 Å². The molecule has 0 aromatic heterocycles. The van der Waals surface area contributed by atoms with Crippen molar-refractivity contribution in [3.63, 3.8) is 0 Å². The monoisotopic (exact) mass is 337 g/mol. The van der Waals surface area contributed by atoms with Gasteiger partial charge in [-0.25, -0.2) is 0 Å². The van der Waals surface area contributed by atoms with Gasteiger partial charge in [0.25, 0.3) is 5.91 Å². The molecule has 0 bridgehead atoms. The number of carbonyl (C=O) groups excluding carboxylic acids is 2. The maximum absolute atomic E-state index is 12.8. The number of Topliss-reactive ketones (excluding diaryl/α,β-unsaturated/α-hetero) is 1. The van der Waals surface area contributed by atoms with Crippen LogP contribution in [0, 0.1) is 0 Å². The largest absolute Gasteiger partial charge is 0.375 e. The topological polar surface area (TPSA) is 57.6 Å². The molecule has 1 aliphatic rings. The van der Waals surface area contributed by atoms with Crippen molar-refractivity contribution in [3.05, 3.63) is 28.8 Å². The van der Waals surface area contributed by atoms with Crippen molar-refractivity contribution in [1.82, 2.24) is 0 Å².